The van der Waals surface area contributed by atoms with Crippen LogP contribution in [0.1, 0.15) is 5.69 Å². The zero-order valence-electron chi connectivity index (χ0n) is 7.12. The van der Waals surface area contributed by atoms with Crippen molar-refractivity contribution in [3.05, 3.63) is 32.5 Å². The van der Waals surface area contributed by atoms with Gasteiger partial charge < -0.3 is 4.98 Å². The molecule has 0 saturated carbocycles. The number of aromatic nitrogens is 1. The SMILES string of the molecule is FC(F)(F)c1cc2cc(Cl)c(I)cc2[nH]1. The highest BCUT2D eigenvalue weighted by Gasteiger charge is 2.32. The van der Waals surface area contributed by atoms with Gasteiger partial charge in [-0.1, -0.05) is 11.6 Å². The lowest BCUT2D eigenvalue weighted by Gasteiger charge is -2.00. The molecule has 0 atom stereocenters. The van der Waals surface area contributed by atoms with E-state index in [1.165, 1.54) is 6.07 Å². The molecule has 0 aliphatic heterocycles. The van der Waals surface area contributed by atoms with Crippen LogP contribution in [0.5, 0.6) is 0 Å². The van der Waals surface area contributed by atoms with Gasteiger partial charge >= 0.3 is 6.18 Å². The number of H-pyrrole nitrogens is 1. The summed E-state index contributed by atoms with van der Waals surface area (Å²) in [6.07, 6.45) is -4.35. The Kier molecular flexibility index (Phi) is 2.62. The van der Waals surface area contributed by atoms with E-state index in [0.29, 0.717) is 15.9 Å². The van der Waals surface area contributed by atoms with Crippen molar-refractivity contribution in [1.82, 2.24) is 4.98 Å². The number of benzene rings is 1. The monoisotopic (exact) mass is 345 g/mol. The van der Waals surface area contributed by atoms with E-state index in [9.17, 15) is 13.2 Å². The van der Waals surface area contributed by atoms with Crippen LogP contribution in [0.15, 0.2) is 18.2 Å². The normalized spacial score (nSPS) is 12.3. The second kappa shape index (κ2) is 3.55. The van der Waals surface area contributed by atoms with Crippen LogP contribution in [0.2, 0.25) is 5.02 Å². The van der Waals surface area contributed by atoms with Gasteiger partial charge in [0.25, 0.3) is 0 Å². The van der Waals surface area contributed by atoms with Crippen LogP contribution < -0.4 is 0 Å². The molecule has 2 rings (SSSR count). The highest BCUT2D eigenvalue weighted by Crippen LogP contribution is 2.33. The molecule has 15 heavy (non-hydrogen) atoms. The summed E-state index contributed by atoms with van der Waals surface area (Å²) in [6.45, 7) is 0. The first kappa shape index (κ1) is 11.1. The lowest BCUT2D eigenvalue weighted by molar-refractivity contribution is -0.140. The Balaban J connectivity index is 2.66. The summed E-state index contributed by atoms with van der Waals surface area (Å²) in [6, 6.07) is 4.16. The number of rotatable bonds is 0. The molecule has 0 saturated heterocycles. The standard InChI is InChI=1S/C9H4ClF3IN/c10-5-1-4-2-8(9(11,12)13)15-7(4)3-6(5)14/h1-3,15H. The van der Waals surface area contributed by atoms with Gasteiger partial charge in [-0.05, 0) is 40.8 Å². The summed E-state index contributed by atoms with van der Waals surface area (Å²) in [4.78, 5) is 2.32. The zero-order chi connectivity index (χ0) is 11.2. The molecule has 0 aliphatic carbocycles. The minimum absolute atomic E-state index is 0.441. The van der Waals surface area contributed by atoms with Crippen molar-refractivity contribution in [2.75, 3.05) is 0 Å². The van der Waals surface area contributed by atoms with Gasteiger partial charge in [0.15, 0.2) is 0 Å². The van der Waals surface area contributed by atoms with Gasteiger partial charge in [0.1, 0.15) is 5.69 Å². The smallest absolute Gasteiger partial charge is 0.351 e. The number of hydrogen-bond acceptors (Lipinski definition) is 0. The fourth-order valence-corrected chi connectivity index (χ4v) is 1.92. The second-order valence-corrected chi connectivity index (χ2v) is 4.60. The number of fused-ring (bicyclic) bond motifs is 1. The maximum atomic E-state index is 12.4. The molecule has 0 unspecified atom stereocenters. The molecule has 0 spiro atoms. The first-order chi connectivity index (χ1) is 6.88. The van der Waals surface area contributed by atoms with E-state index in [2.05, 4.69) is 4.98 Å². The van der Waals surface area contributed by atoms with Crippen molar-refractivity contribution in [3.63, 3.8) is 0 Å². The molecule has 80 valence electrons. The van der Waals surface area contributed by atoms with E-state index in [4.69, 9.17) is 11.6 Å². The quantitative estimate of drug-likeness (QED) is 0.679. The van der Waals surface area contributed by atoms with E-state index in [1.54, 1.807) is 6.07 Å². The summed E-state index contributed by atoms with van der Waals surface area (Å²) in [7, 11) is 0. The Labute approximate surface area is 102 Å². The van der Waals surface area contributed by atoms with Crippen LogP contribution >= 0.6 is 34.2 Å². The Morgan fingerprint density at radius 3 is 2.47 bits per heavy atom. The van der Waals surface area contributed by atoms with Crippen LogP contribution in [0, 0.1) is 3.57 Å². The predicted octanol–water partition coefficient (Wildman–Crippen LogP) is 4.44. The first-order valence-corrected chi connectivity index (χ1v) is 5.38. The average molecular weight is 345 g/mol. The van der Waals surface area contributed by atoms with Gasteiger partial charge in [-0.15, -0.1) is 0 Å². The van der Waals surface area contributed by atoms with Gasteiger partial charge in [-0.3, -0.25) is 0 Å². The van der Waals surface area contributed by atoms with Crippen LogP contribution in [-0.4, -0.2) is 4.98 Å². The summed E-state index contributed by atoms with van der Waals surface area (Å²) < 4.78 is 37.8. The maximum absolute atomic E-state index is 12.4. The first-order valence-electron chi connectivity index (χ1n) is 3.93. The summed E-state index contributed by atoms with van der Waals surface area (Å²) in [5.74, 6) is 0. The fraction of sp³-hybridized carbons (Fsp3) is 0.111. The molecular weight excluding hydrogens is 341 g/mol. The third kappa shape index (κ3) is 2.08. The summed E-state index contributed by atoms with van der Waals surface area (Å²) in [5.41, 5.74) is -0.313. The number of halogens is 5. The molecule has 0 aliphatic rings. The van der Waals surface area contributed by atoms with Gasteiger partial charge in [0, 0.05) is 14.5 Å². The number of aromatic amines is 1. The van der Waals surface area contributed by atoms with E-state index in [1.807, 2.05) is 22.6 Å². The molecular formula is C9H4ClF3IN. The van der Waals surface area contributed by atoms with Crippen LogP contribution in [-0.2, 0) is 6.18 Å². The van der Waals surface area contributed by atoms with Crippen molar-refractivity contribution in [1.29, 1.82) is 0 Å². The third-order valence-electron chi connectivity index (χ3n) is 1.97. The van der Waals surface area contributed by atoms with Crippen molar-refractivity contribution in [2.45, 2.75) is 6.18 Å². The second-order valence-electron chi connectivity index (χ2n) is 3.03. The molecule has 1 nitrogen and oxygen atoms in total. The van der Waals surface area contributed by atoms with Crippen molar-refractivity contribution < 1.29 is 13.2 Å². The summed E-state index contributed by atoms with van der Waals surface area (Å²) in [5, 5.41) is 0.920. The molecule has 1 N–H and O–H groups in total. The van der Waals surface area contributed by atoms with Gasteiger partial charge in [0.2, 0.25) is 0 Å². The molecule has 0 bridgehead atoms. The van der Waals surface area contributed by atoms with Crippen molar-refractivity contribution >= 4 is 45.1 Å². The molecule has 0 amide bonds. The van der Waals surface area contributed by atoms with Gasteiger partial charge in [-0.2, -0.15) is 13.2 Å². The highest BCUT2D eigenvalue weighted by atomic mass is 127. The van der Waals surface area contributed by atoms with E-state index in [-0.39, 0.29) is 0 Å². The highest BCUT2D eigenvalue weighted by molar-refractivity contribution is 14.1. The largest absolute Gasteiger partial charge is 0.431 e. The molecule has 1 heterocycles. The number of nitrogens with one attached hydrogen (secondary N) is 1. The summed E-state index contributed by atoms with van der Waals surface area (Å²) >= 11 is 7.78. The lowest BCUT2D eigenvalue weighted by atomic mass is 10.2. The maximum Gasteiger partial charge on any atom is 0.431 e. The number of hydrogen-bond donors (Lipinski definition) is 1. The van der Waals surface area contributed by atoms with Crippen LogP contribution in [0.3, 0.4) is 0 Å². The van der Waals surface area contributed by atoms with Gasteiger partial charge in [-0.25, -0.2) is 0 Å². The molecule has 6 heteroatoms. The van der Waals surface area contributed by atoms with Crippen molar-refractivity contribution in [3.8, 4) is 0 Å². The van der Waals surface area contributed by atoms with Gasteiger partial charge in [0.05, 0.1) is 5.02 Å². The number of alkyl halides is 3. The minimum atomic E-state index is -4.35. The van der Waals surface area contributed by atoms with E-state index in [0.717, 1.165) is 9.64 Å². The van der Waals surface area contributed by atoms with E-state index >= 15 is 0 Å². The molecule has 2 aromatic rings. The van der Waals surface area contributed by atoms with Crippen molar-refractivity contribution in [2.24, 2.45) is 0 Å². The molecule has 1 aromatic carbocycles. The van der Waals surface area contributed by atoms with Crippen LogP contribution in [0.25, 0.3) is 10.9 Å². The zero-order valence-corrected chi connectivity index (χ0v) is 10.0. The minimum Gasteiger partial charge on any atom is -0.351 e. The molecule has 1 aromatic heterocycles. The average Bonchev–Trinajstić information content (AvgIpc) is 2.47. The fourth-order valence-electron chi connectivity index (χ4n) is 1.28. The Morgan fingerprint density at radius 2 is 1.87 bits per heavy atom. The molecule has 0 radical (unpaired) electrons. The lowest BCUT2D eigenvalue weighted by Crippen LogP contribution is -2.04. The Hall–Kier alpha value is -0.430. The Bertz CT molecular complexity index is 479. The predicted molar refractivity (Wildman–Crippen MR) is 61.0 cm³/mol. The topological polar surface area (TPSA) is 15.8 Å². The Morgan fingerprint density at radius 1 is 1.20 bits per heavy atom. The third-order valence-corrected chi connectivity index (χ3v) is 3.49. The molecule has 0 fully saturated rings. The van der Waals surface area contributed by atoms with E-state index < -0.39 is 11.9 Å². The van der Waals surface area contributed by atoms with Crippen LogP contribution in [0.4, 0.5) is 13.2 Å².